The Labute approximate surface area is 155 Å². The predicted octanol–water partition coefficient (Wildman–Crippen LogP) is 2.76. The molecule has 0 amide bonds. The smallest absolute Gasteiger partial charge is 0.220 e. The summed E-state index contributed by atoms with van der Waals surface area (Å²) in [4.78, 5) is 11.4. The van der Waals surface area contributed by atoms with E-state index in [0.29, 0.717) is 11.5 Å². The number of hydrogen-bond donors (Lipinski definition) is 3. The van der Waals surface area contributed by atoms with Gasteiger partial charge in [-0.05, 0) is 31.5 Å². The van der Waals surface area contributed by atoms with Crippen LogP contribution in [-0.2, 0) is 5.60 Å². The van der Waals surface area contributed by atoms with Crippen LogP contribution in [0.3, 0.4) is 0 Å². The molecular weight excluding hydrogens is 342 g/mol. The molecule has 3 aromatic heterocycles. The summed E-state index contributed by atoms with van der Waals surface area (Å²) in [5.41, 5.74) is 8.83. The highest BCUT2D eigenvalue weighted by atomic mass is 16.5. The summed E-state index contributed by atoms with van der Waals surface area (Å²) in [6.07, 6.45) is 3.52. The number of nitrogens with one attached hydrogen (secondary N) is 1. The average molecular weight is 359 g/mol. The number of rotatable bonds is 2. The standard InChI is InChI=1S/C20H17N5O2/c1-12-8-17(25-27-12)20(2,26)7-6-13-4-3-5-14(9-13)15-10-22-16-11-23-19(21)24-18(15)16/h3-5,8-11,22,26H,1-2H3,(H2,21,23,24). The second-order valence-electron chi connectivity index (χ2n) is 6.42. The zero-order valence-corrected chi connectivity index (χ0v) is 14.8. The molecule has 0 fully saturated rings. The van der Waals surface area contributed by atoms with Crippen molar-refractivity contribution in [3.05, 3.63) is 59.7 Å². The number of fused-ring (bicyclic) bond motifs is 1. The summed E-state index contributed by atoms with van der Waals surface area (Å²) in [6.45, 7) is 3.35. The Morgan fingerprint density at radius 1 is 1.30 bits per heavy atom. The minimum absolute atomic E-state index is 0.221. The molecular formula is C20H17N5O2. The number of aliphatic hydroxyl groups is 1. The van der Waals surface area contributed by atoms with E-state index in [1.165, 1.54) is 0 Å². The lowest BCUT2D eigenvalue weighted by molar-refractivity contribution is 0.112. The molecule has 0 radical (unpaired) electrons. The van der Waals surface area contributed by atoms with E-state index in [1.807, 2.05) is 30.5 Å². The number of anilines is 1. The van der Waals surface area contributed by atoms with Gasteiger partial charge in [0.1, 0.15) is 17.0 Å². The maximum absolute atomic E-state index is 10.6. The first-order valence-electron chi connectivity index (χ1n) is 8.32. The van der Waals surface area contributed by atoms with Crippen molar-refractivity contribution in [1.29, 1.82) is 0 Å². The Morgan fingerprint density at radius 3 is 2.93 bits per heavy atom. The molecule has 0 bridgehead atoms. The molecule has 4 N–H and O–H groups in total. The first-order chi connectivity index (χ1) is 12.9. The fraction of sp³-hybridized carbons (Fsp3) is 0.150. The molecule has 0 spiro atoms. The van der Waals surface area contributed by atoms with Crippen LogP contribution in [0, 0.1) is 18.8 Å². The molecule has 0 saturated heterocycles. The first-order valence-corrected chi connectivity index (χ1v) is 8.32. The zero-order chi connectivity index (χ0) is 19.0. The van der Waals surface area contributed by atoms with Gasteiger partial charge in [-0.1, -0.05) is 29.1 Å². The molecule has 0 saturated carbocycles. The Balaban J connectivity index is 1.70. The van der Waals surface area contributed by atoms with Crippen molar-refractivity contribution in [3.63, 3.8) is 0 Å². The third-order valence-electron chi connectivity index (χ3n) is 4.19. The lowest BCUT2D eigenvalue weighted by Gasteiger charge is -2.11. The number of aromatic amines is 1. The SMILES string of the molecule is Cc1cc(C(C)(O)C#Cc2cccc(-c3c[nH]c4cnc(N)nc34)c2)no1. The number of aryl methyl sites for hydroxylation is 1. The van der Waals surface area contributed by atoms with Crippen molar-refractivity contribution in [2.45, 2.75) is 19.4 Å². The molecule has 7 nitrogen and oxygen atoms in total. The van der Waals surface area contributed by atoms with Crippen LogP contribution in [0.2, 0.25) is 0 Å². The maximum atomic E-state index is 10.6. The average Bonchev–Trinajstić information content (AvgIpc) is 3.27. The maximum Gasteiger partial charge on any atom is 0.220 e. The molecule has 1 atom stereocenters. The van der Waals surface area contributed by atoms with Gasteiger partial charge in [0, 0.05) is 23.4 Å². The third-order valence-corrected chi connectivity index (χ3v) is 4.19. The Morgan fingerprint density at radius 2 is 2.15 bits per heavy atom. The van der Waals surface area contributed by atoms with Crippen molar-refractivity contribution in [2.24, 2.45) is 0 Å². The number of aromatic nitrogens is 4. The molecule has 0 aliphatic rings. The highest BCUT2D eigenvalue weighted by molar-refractivity contribution is 5.92. The third kappa shape index (κ3) is 3.26. The summed E-state index contributed by atoms with van der Waals surface area (Å²) in [5.74, 6) is 6.70. The van der Waals surface area contributed by atoms with Gasteiger partial charge < -0.3 is 20.3 Å². The Hall–Kier alpha value is -3.63. The monoisotopic (exact) mass is 359 g/mol. The number of hydrogen-bond acceptors (Lipinski definition) is 6. The zero-order valence-electron chi connectivity index (χ0n) is 14.8. The predicted molar refractivity (Wildman–Crippen MR) is 101 cm³/mol. The number of nitrogens with zero attached hydrogens (tertiary/aromatic N) is 3. The van der Waals surface area contributed by atoms with Gasteiger partial charge in [-0.2, -0.15) is 0 Å². The number of nitrogen functional groups attached to an aromatic ring is 1. The van der Waals surface area contributed by atoms with E-state index in [4.69, 9.17) is 10.3 Å². The topological polar surface area (TPSA) is 114 Å². The summed E-state index contributed by atoms with van der Waals surface area (Å²) in [5, 5.41) is 14.4. The van der Waals surface area contributed by atoms with Crippen molar-refractivity contribution < 1.29 is 9.63 Å². The largest absolute Gasteiger partial charge is 0.372 e. The first kappa shape index (κ1) is 16.8. The number of H-pyrrole nitrogens is 1. The van der Waals surface area contributed by atoms with Crippen molar-refractivity contribution in [1.82, 2.24) is 20.1 Å². The van der Waals surface area contributed by atoms with E-state index in [2.05, 4.69) is 31.9 Å². The van der Waals surface area contributed by atoms with E-state index in [-0.39, 0.29) is 5.95 Å². The van der Waals surface area contributed by atoms with Crippen molar-refractivity contribution in [3.8, 4) is 23.0 Å². The van der Waals surface area contributed by atoms with Crippen LogP contribution in [0.1, 0.15) is 23.9 Å². The lowest BCUT2D eigenvalue weighted by atomic mass is 10.0. The molecule has 134 valence electrons. The lowest BCUT2D eigenvalue weighted by Crippen LogP contribution is -2.18. The van der Waals surface area contributed by atoms with Gasteiger partial charge in [0.2, 0.25) is 5.95 Å². The summed E-state index contributed by atoms with van der Waals surface area (Å²) < 4.78 is 5.02. The van der Waals surface area contributed by atoms with Crippen LogP contribution in [0.25, 0.3) is 22.2 Å². The molecule has 7 heteroatoms. The minimum Gasteiger partial charge on any atom is -0.372 e. The second-order valence-corrected chi connectivity index (χ2v) is 6.42. The molecule has 4 rings (SSSR count). The summed E-state index contributed by atoms with van der Waals surface area (Å²) in [7, 11) is 0. The highest BCUT2D eigenvalue weighted by Crippen LogP contribution is 2.28. The molecule has 1 aromatic carbocycles. The van der Waals surface area contributed by atoms with Crippen LogP contribution < -0.4 is 5.73 Å². The fourth-order valence-electron chi connectivity index (χ4n) is 2.76. The van der Waals surface area contributed by atoms with Crippen LogP contribution in [0.4, 0.5) is 5.95 Å². The van der Waals surface area contributed by atoms with Gasteiger partial charge in [-0.15, -0.1) is 0 Å². The molecule has 27 heavy (non-hydrogen) atoms. The van der Waals surface area contributed by atoms with Gasteiger partial charge >= 0.3 is 0 Å². The van der Waals surface area contributed by atoms with Crippen LogP contribution >= 0.6 is 0 Å². The van der Waals surface area contributed by atoms with Gasteiger partial charge in [-0.25, -0.2) is 9.97 Å². The normalized spacial score (nSPS) is 13.1. The van der Waals surface area contributed by atoms with E-state index in [9.17, 15) is 5.11 Å². The van der Waals surface area contributed by atoms with Crippen LogP contribution in [-0.4, -0.2) is 25.2 Å². The molecule has 0 aliphatic carbocycles. The highest BCUT2D eigenvalue weighted by Gasteiger charge is 2.24. The summed E-state index contributed by atoms with van der Waals surface area (Å²) >= 11 is 0. The quantitative estimate of drug-likeness (QED) is 0.474. The van der Waals surface area contributed by atoms with E-state index < -0.39 is 5.60 Å². The molecule has 0 aliphatic heterocycles. The summed E-state index contributed by atoms with van der Waals surface area (Å²) in [6, 6.07) is 9.33. The van der Waals surface area contributed by atoms with Gasteiger partial charge in [0.15, 0.2) is 5.60 Å². The molecule has 4 aromatic rings. The Kier molecular flexibility index (Phi) is 3.90. The van der Waals surface area contributed by atoms with Gasteiger partial charge in [0.25, 0.3) is 0 Å². The van der Waals surface area contributed by atoms with Crippen molar-refractivity contribution in [2.75, 3.05) is 5.73 Å². The van der Waals surface area contributed by atoms with Gasteiger partial charge in [-0.3, -0.25) is 0 Å². The second kappa shape index (κ2) is 6.27. The van der Waals surface area contributed by atoms with Gasteiger partial charge in [0.05, 0.1) is 11.7 Å². The Bertz CT molecular complexity index is 1190. The van der Waals surface area contributed by atoms with E-state index in [1.54, 1.807) is 26.1 Å². The molecule has 3 heterocycles. The fourth-order valence-corrected chi connectivity index (χ4v) is 2.76. The van der Waals surface area contributed by atoms with Crippen molar-refractivity contribution >= 4 is 17.0 Å². The number of nitrogens with two attached hydrogens (primary N) is 1. The number of benzene rings is 1. The van der Waals surface area contributed by atoms with Crippen LogP contribution in [0.5, 0.6) is 0 Å². The molecule has 1 unspecified atom stereocenters. The van der Waals surface area contributed by atoms with E-state index in [0.717, 1.165) is 27.7 Å². The van der Waals surface area contributed by atoms with Crippen LogP contribution in [0.15, 0.2) is 47.2 Å². The minimum atomic E-state index is -1.41. The van der Waals surface area contributed by atoms with E-state index >= 15 is 0 Å².